The molecule has 0 saturated carbocycles. The number of fused-ring (bicyclic) bond motifs is 1. The molecular formula is C29H47N3O2. The molecule has 0 fully saturated rings. The second-order valence-electron chi connectivity index (χ2n) is 10.1. The fourth-order valence-electron chi connectivity index (χ4n) is 4.68. The van der Waals surface area contributed by atoms with E-state index in [1.54, 1.807) is 4.57 Å². The van der Waals surface area contributed by atoms with Gasteiger partial charge in [0.15, 0.2) is 0 Å². The first-order valence-corrected chi connectivity index (χ1v) is 13.7. The number of carbonyl (C=O) groups is 1. The van der Waals surface area contributed by atoms with E-state index in [2.05, 4.69) is 27.7 Å². The first-order valence-electron chi connectivity index (χ1n) is 13.7. The Morgan fingerprint density at radius 2 is 1.53 bits per heavy atom. The Labute approximate surface area is 207 Å². The summed E-state index contributed by atoms with van der Waals surface area (Å²) in [5, 5.41) is 0.642. The molecule has 1 atom stereocenters. The topological polar surface area (TPSA) is 55.2 Å². The molecule has 1 amide bonds. The maximum absolute atomic E-state index is 13.3. The third kappa shape index (κ3) is 8.25. The first kappa shape index (κ1) is 28.1. The molecule has 2 aromatic rings. The highest BCUT2D eigenvalue weighted by Gasteiger charge is 2.26. The monoisotopic (exact) mass is 469 g/mol. The number of para-hydroxylation sites is 1. The summed E-state index contributed by atoms with van der Waals surface area (Å²) in [7, 11) is 0. The van der Waals surface area contributed by atoms with Gasteiger partial charge < -0.3 is 4.90 Å². The summed E-state index contributed by atoms with van der Waals surface area (Å²) in [4.78, 5) is 33.4. The highest BCUT2D eigenvalue weighted by Crippen LogP contribution is 2.23. The van der Waals surface area contributed by atoms with Crippen LogP contribution in [-0.2, 0) is 11.3 Å². The van der Waals surface area contributed by atoms with E-state index in [4.69, 9.17) is 4.98 Å². The standard InChI is InChI=1S/C29H47N3O2/c1-6-8-9-10-11-12-13-14-15-20-27(33)32(22-23(3)4)24(5)28-30-26-19-17-16-18-25(26)29(34)31(28)21-7-2/h16-19,23-24H,6-15,20-22H2,1-5H3. The molecule has 0 aliphatic heterocycles. The molecule has 0 spiro atoms. The Hall–Kier alpha value is -2.17. The number of aromatic nitrogens is 2. The number of rotatable bonds is 16. The van der Waals surface area contributed by atoms with Gasteiger partial charge >= 0.3 is 0 Å². The number of hydrogen-bond donors (Lipinski definition) is 0. The van der Waals surface area contributed by atoms with E-state index in [9.17, 15) is 9.59 Å². The van der Waals surface area contributed by atoms with Crippen molar-refractivity contribution in [2.45, 2.75) is 118 Å². The Morgan fingerprint density at radius 3 is 2.15 bits per heavy atom. The van der Waals surface area contributed by atoms with Gasteiger partial charge in [-0.1, -0.05) is 91.2 Å². The van der Waals surface area contributed by atoms with E-state index >= 15 is 0 Å². The van der Waals surface area contributed by atoms with Crippen LogP contribution in [0.5, 0.6) is 0 Å². The van der Waals surface area contributed by atoms with Crippen LogP contribution in [0.25, 0.3) is 10.9 Å². The van der Waals surface area contributed by atoms with E-state index < -0.39 is 0 Å². The Bertz CT molecular complexity index is 935. The van der Waals surface area contributed by atoms with E-state index in [1.807, 2.05) is 36.1 Å². The molecule has 0 aliphatic carbocycles. The fourth-order valence-corrected chi connectivity index (χ4v) is 4.68. The largest absolute Gasteiger partial charge is 0.333 e. The van der Waals surface area contributed by atoms with Gasteiger partial charge in [-0.25, -0.2) is 4.98 Å². The van der Waals surface area contributed by atoms with Crippen LogP contribution in [0.2, 0.25) is 0 Å². The highest BCUT2D eigenvalue weighted by molar-refractivity contribution is 5.78. The minimum atomic E-state index is -0.239. The van der Waals surface area contributed by atoms with Crippen LogP contribution in [0.15, 0.2) is 29.1 Å². The maximum Gasteiger partial charge on any atom is 0.261 e. The minimum absolute atomic E-state index is 0.00909. The molecule has 5 nitrogen and oxygen atoms in total. The zero-order valence-corrected chi connectivity index (χ0v) is 22.3. The smallest absolute Gasteiger partial charge is 0.261 e. The number of carbonyl (C=O) groups excluding carboxylic acids is 1. The van der Waals surface area contributed by atoms with Gasteiger partial charge in [-0.05, 0) is 37.8 Å². The predicted molar refractivity (Wildman–Crippen MR) is 143 cm³/mol. The number of amides is 1. The summed E-state index contributed by atoms with van der Waals surface area (Å²) in [6.45, 7) is 11.9. The van der Waals surface area contributed by atoms with Crippen molar-refractivity contribution >= 4 is 16.8 Å². The summed E-state index contributed by atoms with van der Waals surface area (Å²) in [6, 6.07) is 7.28. The van der Waals surface area contributed by atoms with Crippen LogP contribution in [0.1, 0.15) is 117 Å². The van der Waals surface area contributed by atoms with Crippen molar-refractivity contribution in [3.05, 3.63) is 40.4 Å². The lowest BCUT2D eigenvalue weighted by atomic mass is 10.1. The highest BCUT2D eigenvalue weighted by atomic mass is 16.2. The molecule has 1 aromatic heterocycles. The van der Waals surface area contributed by atoms with Gasteiger partial charge in [-0.3, -0.25) is 14.2 Å². The van der Waals surface area contributed by atoms with Gasteiger partial charge in [-0.15, -0.1) is 0 Å². The predicted octanol–water partition coefficient (Wildman–Crippen LogP) is 7.27. The maximum atomic E-state index is 13.3. The fraction of sp³-hybridized carbons (Fsp3) is 0.690. The molecule has 5 heteroatoms. The molecular weight excluding hydrogens is 422 g/mol. The zero-order valence-electron chi connectivity index (χ0n) is 22.3. The van der Waals surface area contributed by atoms with Crippen LogP contribution < -0.4 is 5.56 Å². The van der Waals surface area contributed by atoms with Gasteiger partial charge in [0.05, 0.1) is 16.9 Å². The van der Waals surface area contributed by atoms with Crippen LogP contribution in [-0.4, -0.2) is 26.9 Å². The molecule has 1 heterocycles. The summed E-state index contributed by atoms with van der Waals surface area (Å²) < 4.78 is 1.78. The average molecular weight is 470 g/mol. The first-order chi connectivity index (χ1) is 16.4. The van der Waals surface area contributed by atoms with Gasteiger partial charge in [-0.2, -0.15) is 0 Å². The van der Waals surface area contributed by atoms with Crippen LogP contribution >= 0.6 is 0 Å². The lowest BCUT2D eigenvalue weighted by molar-refractivity contribution is -0.134. The van der Waals surface area contributed by atoms with Crippen molar-refractivity contribution in [2.75, 3.05) is 6.54 Å². The van der Waals surface area contributed by atoms with E-state index in [0.717, 1.165) is 19.3 Å². The van der Waals surface area contributed by atoms with Gasteiger partial charge in [0, 0.05) is 19.5 Å². The average Bonchev–Trinajstić information content (AvgIpc) is 2.82. The van der Waals surface area contributed by atoms with Crippen molar-refractivity contribution in [3.63, 3.8) is 0 Å². The summed E-state index contributed by atoms with van der Waals surface area (Å²) in [5.74, 6) is 1.22. The summed E-state index contributed by atoms with van der Waals surface area (Å²) >= 11 is 0. The third-order valence-electron chi connectivity index (χ3n) is 6.56. The van der Waals surface area contributed by atoms with Crippen molar-refractivity contribution in [3.8, 4) is 0 Å². The van der Waals surface area contributed by atoms with Crippen LogP contribution in [0, 0.1) is 5.92 Å². The van der Waals surface area contributed by atoms with Gasteiger partial charge in [0.25, 0.3) is 5.56 Å². The van der Waals surface area contributed by atoms with Crippen LogP contribution in [0.3, 0.4) is 0 Å². The summed E-state index contributed by atoms with van der Waals surface area (Å²) in [5.41, 5.74) is 0.697. The second kappa shape index (κ2) is 15.0. The van der Waals surface area contributed by atoms with Crippen LogP contribution in [0.4, 0.5) is 0 Å². The summed E-state index contributed by atoms with van der Waals surface area (Å²) in [6.07, 6.45) is 12.6. The number of unbranched alkanes of at least 4 members (excludes halogenated alkanes) is 8. The van der Waals surface area contributed by atoms with Crippen molar-refractivity contribution < 1.29 is 4.79 Å². The van der Waals surface area contributed by atoms with Crippen molar-refractivity contribution in [2.24, 2.45) is 5.92 Å². The molecule has 0 N–H and O–H groups in total. The van der Waals surface area contributed by atoms with E-state index in [0.29, 0.717) is 42.2 Å². The van der Waals surface area contributed by atoms with Crippen molar-refractivity contribution in [1.29, 1.82) is 0 Å². The lowest BCUT2D eigenvalue weighted by Gasteiger charge is -2.32. The Morgan fingerprint density at radius 1 is 0.912 bits per heavy atom. The molecule has 0 radical (unpaired) electrons. The molecule has 34 heavy (non-hydrogen) atoms. The zero-order chi connectivity index (χ0) is 24.9. The Balaban J connectivity index is 2.09. The van der Waals surface area contributed by atoms with E-state index in [1.165, 1.54) is 44.9 Å². The molecule has 2 rings (SSSR count). The third-order valence-corrected chi connectivity index (χ3v) is 6.56. The molecule has 1 unspecified atom stereocenters. The van der Waals surface area contributed by atoms with Gasteiger partial charge in [0.1, 0.15) is 5.82 Å². The molecule has 0 bridgehead atoms. The van der Waals surface area contributed by atoms with Crippen molar-refractivity contribution in [1.82, 2.24) is 14.5 Å². The lowest BCUT2D eigenvalue weighted by Crippen LogP contribution is -2.39. The normalized spacial score (nSPS) is 12.4. The SMILES string of the molecule is CCCCCCCCCCCC(=O)N(CC(C)C)C(C)c1nc2ccccc2c(=O)n1CCC. The minimum Gasteiger partial charge on any atom is -0.333 e. The molecule has 0 aliphatic rings. The molecule has 1 aromatic carbocycles. The number of benzene rings is 1. The van der Waals surface area contributed by atoms with Gasteiger partial charge in [0.2, 0.25) is 5.91 Å². The Kier molecular flexibility index (Phi) is 12.3. The molecule has 0 saturated heterocycles. The second-order valence-corrected chi connectivity index (χ2v) is 10.1. The van der Waals surface area contributed by atoms with E-state index in [-0.39, 0.29) is 17.5 Å². The molecule has 190 valence electrons. The number of nitrogens with zero attached hydrogens (tertiary/aromatic N) is 3. The quantitative estimate of drug-likeness (QED) is 0.243. The number of hydrogen-bond acceptors (Lipinski definition) is 3.